The Labute approximate surface area is 593 Å². The van der Waals surface area contributed by atoms with Crippen LogP contribution in [0.15, 0.2) is 83.8 Å². The number of carbonyl (C=O) groups is 6. The number of ether oxygens (including phenoxy) is 4. The van der Waals surface area contributed by atoms with Crippen LogP contribution in [0, 0.1) is 11.6 Å². The number of amides is 6. The van der Waals surface area contributed by atoms with Gasteiger partial charge in [-0.1, -0.05) is 18.2 Å². The van der Waals surface area contributed by atoms with Crippen LogP contribution in [-0.4, -0.2) is 222 Å². The van der Waals surface area contributed by atoms with Gasteiger partial charge in [0.1, 0.15) is 17.7 Å². The van der Waals surface area contributed by atoms with Crippen molar-refractivity contribution in [2.24, 2.45) is 0 Å². The molecule has 0 N–H and O–H groups in total. The van der Waals surface area contributed by atoms with Crippen LogP contribution in [0.5, 0.6) is 0 Å². The van der Waals surface area contributed by atoms with Crippen molar-refractivity contribution >= 4 is 63.1 Å². The monoisotopic (exact) mass is 1410 g/mol. The number of methoxy groups -OCH3 is 1. The van der Waals surface area contributed by atoms with E-state index in [9.17, 15) is 46.0 Å². The lowest BCUT2D eigenvalue weighted by molar-refractivity contribution is -0.117. The van der Waals surface area contributed by atoms with Gasteiger partial charge in [-0.2, -0.15) is 0 Å². The minimum atomic E-state index is -3.25. The van der Waals surface area contributed by atoms with Gasteiger partial charge in [-0.05, 0) is 251 Å². The molecule has 4 aromatic carbocycles. The van der Waals surface area contributed by atoms with Crippen molar-refractivity contribution in [3.8, 4) is 11.1 Å². The predicted octanol–water partition coefficient (Wildman–Crippen LogP) is 11.7. The molecular formula is C77H101F2N9O12S. The van der Waals surface area contributed by atoms with Crippen LogP contribution < -0.4 is 14.7 Å². The summed E-state index contributed by atoms with van der Waals surface area (Å²) in [5.74, 6) is -0.408. The van der Waals surface area contributed by atoms with Gasteiger partial charge in [0.2, 0.25) is 11.8 Å². The highest BCUT2D eigenvalue weighted by Gasteiger charge is 2.52. The molecule has 2 atom stereocenters. The Morgan fingerprint density at radius 3 is 1.26 bits per heavy atom. The summed E-state index contributed by atoms with van der Waals surface area (Å²) in [7, 11) is -1.87. The quantitative estimate of drug-likeness (QED) is 0.151. The topological polar surface area (TPSA) is 203 Å². The van der Waals surface area contributed by atoms with Gasteiger partial charge in [0.15, 0.2) is 9.84 Å². The van der Waals surface area contributed by atoms with Gasteiger partial charge in [0.05, 0.1) is 30.9 Å². The van der Waals surface area contributed by atoms with E-state index >= 15 is 0 Å². The first-order chi connectivity index (χ1) is 48.5. The van der Waals surface area contributed by atoms with Crippen LogP contribution in [0.2, 0.25) is 0 Å². The van der Waals surface area contributed by atoms with Crippen molar-refractivity contribution in [1.29, 1.82) is 0 Å². The summed E-state index contributed by atoms with van der Waals surface area (Å²) >= 11 is 0. The Morgan fingerprint density at radius 1 is 0.465 bits per heavy atom. The van der Waals surface area contributed by atoms with E-state index in [1.165, 1.54) is 37.5 Å². The number of anilines is 3. The second-order valence-corrected chi connectivity index (χ2v) is 32.3. The molecular weight excluding hydrogens is 1310 g/mol. The molecule has 0 radical (unpaired) electrons. The van der Waals surface area contributed by atoms with E-state index in [-0.39, 0.29) is 64.1 Å². The molecule has 2 bridgehead atoms. The molecule has 0 aromatic heterocycles. The smallest absolute Gasteiger partial charge is 0.414 e. The van der Waals surface area contributed by atoms with Crippen molar-refractivity contribution in [2.45, 2.75) is 194 Å². The van der Waals surface area contributed by atoms with Crippen molar-refractivity contribution in [3.63, 3.8) is 0 Å². The number of nitrogens with zero attached hydrogens (tertiary/aromatic N) is 9. The summed E-state index contributed by atoms with van der Waals surface area (Å²) in [5.41, 5.74) is 7.30. The van der Waals surface area contributed by atoms with Crippen LogP contribution >= 0.6 is 0 Å². The van der Waals surface area contributed by atoms with Crippen LogP contribution in [0.25, 0.3) is 11.1 Å². The number of halogens is 2. The highest BCUT2D eigenvalue weighted by Crippen LogP contribution is 2.52. The van der Waals surface area contributed by atoms with Gasteiger partial charge in [-0.25, -0.2) is 36.4 Å². The molecule has 24 heteroatoms. The minimum Gasteiger partial charge on any atom is -0.452 e. The molecule has 10 aliphatic heterocycles. The van der Waals surface area contributed by atoms with Crippen LogP contribution in [-0.2, 0) is 54.6 Å². The fourth-order valence-electron chi connectivity index (χ4n) is 18.8. The Balaban J connectivity index is 0.000000136. The standard InChI is InChI=1S/C29H37N3O5S.C26H34FN3O3.C22H30FN3O4/c1-4-37-28(34)31-15-11-24(12-16-31)30-17-13-29(14-18-30)20-32(21(2)33)27-10-7-23(19-26(27)29)22-5-8-25(9-6-22)38(3,35)36;1-17(31)29-16-26(23-13-18(27)5-8-24(23)29)9-11-28(12-10-26)21-14-19-6-7-20(15-21)30(19)25(32)33-22-3-2-4-22;1-3-30-20(27)25-10-6-17(7-11-25)24-12-8-22(9-13-24)15-26(21(28)29-2)19-5-4-16(23)14-18(19)22/h5-10,19,24H,4,11-18,20H2,1-3H3;5,8,13,19-22H,2-4,6-7,9-12,14-16H2,1H3;4-5,14,17H,3,6-13,15H2,1-2H3. The van der Waals surface area contributed by atoms with Gasteiger partial charge in [-0.3, -0.25) is 14.5 Å². The second kappa shape index (κ2) is 29.7. The van der Waals surface area contributed by atoms with E-state index in [0.717, 1.165) is 207 Å². The van der Waals surface area contributed by atoms with Gasteiger partial charge in [0, 0.05) is 124 Å². The van der Waals surface area contributed by atoms with E-state index in [4.69, 9.17) is 18.9 Å². The Kier molecular flexibility index (Phi) is 21.2. The van der Waals surface area contributed by atoms with Crippen molar-refractivity contribution in [1.82, 2.24) is 29.4 Å². The summed E-state index contributed by atoms with van der Waals surface area (Å²) < 4.78 is 72.9. The third kappa shape index (κ3) is 14.7. The van der Waals surface area contributed by atoms with Gasteiger partial charge < -0.3 is 58.1 Å². The SMILES string of the molecule is CC(=O)N1CC2(CCN(C3CC4CCC(C3)N4C(=O)OC3CCC3)CC2)c2cc(F)ccc21.CCOC(=O)N1CCC(N2CCC3(CC2)CN(C(=O)OC)c2ccc(F)cc23)CC1.CCOC(=O)N1CCC(N2CCC3(CC2)CN(C(C)=O)c2ccc(-c4ccc(S(C)(=O)=O)cc4)cc23)CC1. The molecule has 4 aromatic rings. The summed E-state index contributed by atoms with van der Waals surface area (Å²) in [6.45, 7) is 18.1. The van der Waals surface area contributed by atoms with Gasteiger partial charge in [0.25, 0.3) is 0 Å². The molecule has 11 aliphatic rings. The fourth-order valence-corrected chi connectivity index (χ4v) is 19.4. The fraction of sp³-hybridized carbons (Fsp3) is 0.610. The van der Waals surface area contributed by atoms with Crippen LogP contribution in [0.4, 0.5) is 45.0 Å². The number of benzene rings is 4. The lowest BCUT2D eigenvalue weighted by atomic mass is 9.73. The molecule has 15 rings (SSSR count). The van der Waals surface area contributed by atoms with Gasteiger partial charge >= 0.3 is 24.4 Å². The maximum atomic E-state index is 14.1. The average molecular weight is 1410 g/mol. The predicted molar refractivity (Wildman–Crippen MR) is 380 cm³/mol. The summed E-state index contributed by atoms with van der Waals surface area (Å²) in [6.07, 6.45) is 17.2. The van der Waals surface area contributed by atoms with E-state index < -0.39 is 15.9 Å². The minimum absolute atomic E-state index is 0.0277. The molecule has 101 heavy (non-hydrogen) atoms. The van der Waals surface area contributed by atoms with Gasteiger partial charge in [-0.15, -0.1) is 0 Å². The average Bonchev–Trinajstić information content (AvgIpc) is 1.61. The number of hydrogen-bond donors (Lipinski definition) is 0. The number of sulfone groups is 1. The zero-order chi connectivity index (χ0) is 71.1. The highest BCUT2D eigenvalue weighted by atomic mass is 32.2. The first kappa shape index (κ1) is 72.0. The molecule has 21 nitrogen and oxygen atoms in total. The number of fused-ring (bicyclic) bond motifs is 8. The maximum Gasteiger partial charge on any atom is 0.414 e. The molecule has 2 unspecified atom stereocenters. The molecule has 10 heterocycles. The number of rotatable bonds is 8. The highest BCUT2D eigenvalue weighted by molar-refractivity contribution is 7.90. The molecule has 7 saturated heterocycles. The maximum absolute atomic E-state index is 14.1. The van der Waals surface area contributed by atoms with Crippen molar-refractivity contribution < 1.29 is 64.9 Å². The summed E-state index contributed by atoms with van der Waals surface area (Å²) in [4.78, 5) is 92.9. The number of piperidine rings is 6. The Hall–Kier alpha value is -7.41. The van der Waals surface area contributed by atoms with Crippen LogP contribution in [0.1, 0.15) is 154 Å². The number of carbonyl (C=O) groups excluding carboxylic acids is 6. The lowest BCUT2D eigenvalue weighted by Gasteiger charge is -2.47. The van der Waals surface area contributed by atoms with Crippen molar-refractivity contribution in [2.75, 3.05) is 126 Å². The number of hydrogen-bond acceptors (Lipinski definition) is 15. The summed E-state index contributed by atoms with van der Waals surface area (Å²) in [5, 5.41) is 0. The first-order valence-corrected chi connectivity index (χ1v) is 38.9. The molecule has 1 saturated carbocycles. The summed E-state index contributed by atoms with van der Waals surface area (Å²) in [6, 6.07) is 24.8. The molecule has 8 fully saturated rings. The van der Waals surface area contributed by atoms with Crippen LogP contribution in [0.3, 0.4) is 0 Å². The third-order valence-electron chi connectivity index (χ3n) is 24.7. The van der Waals surface area contributed by atoms with E-state index in [1.807, 2.05) is 52.8 Å². The third-order valence-corrected chi connectivity index (χ3v) is 25.8. The molecule has 546 valence electrons. The largest absolute Gasteiger partial charge is 0.452 e. The van der Waals surface area contributed by atoms with Crippen molar-refractivity contribution in [3.05, 3.63) is 107 Å². The zero-order valence-corrected chi connectivity index (χ0v) is 60.5. The molecule has 1 aliphatic carbocycles. The second-order valence-electron chi connectivity index (χ2n) is 30.3. The van der Waals surface area contributed by atoms with E-state index in [1.54, 1.807) is 60.0 Å². The van der Waals surface area contributed by atoms with E-state index in [0.29, 0.717) is 68.0 Å². The Bertz CT molecular complexity index is 3820. The molecule has 3 spiro atoms. The normalized spacial score (nSPS) is 24.0. The van der Waals surface area contributed by atoms with E-state index in [2.05, 4.69) is 25.7 Å². The first-order valence-electron chi connectivity index (χ1n) is 37.0. The lowest BCUT2D eigenvalue weighted by Crippen LogP contribution is -2.56. The molecule has 6 amide bonds. The number of likely N-dealkylation sites (tertiary alicyclic amines) is 5. The zero-order valence-electron chi connectivity index (χ0n) is 59.7. The Morgan fingerprint density at radius 2 is 0.861 bits per heavy atom.